The van der Waals surface area contributed by atoms with Gasteiger partial charge in [0.05, 0.1) is 11.2 Å². The highest BCUT2D eigenvalue weighted by atomic mass is 16.6. The average Bonchev–Trinajstić information content (AvgIpc) is 2.80. The molecule has 1 aliphatic rings. The maximum Gasteiger partial charge on any atom is 0.408 e. The van der Waals surface area contributed by atoms with Crippen LogP contribution >= 0.6 is 0 Å². The van der Waals surface area contributed by atoms with E-state index >= 15 is 0 Å². The topological polar surface area (TPSA) is 93.5 Å². The number of rotatable bonds is 4. The molecule has 1 saturated carbocycles. The minimum absolute atomic E-state index is 0.179. The third kappa shape index (κ3) is 6.07. The van der Waals surface area contributed by atoms with Crippen LogP contribution in [0.5, 0.6) is 0 Å². The molecule has 0 spiro atoms. The lowest BCUT2D eigenvalue weighted by atomic mass is 9.90. The number of carbonyl (C=O) groups excluding carboxylic acids is 2. The lowest BCUT2D eigenvalue weighted by Gasteiger charge is -2.34. The summed E-state index contributed by atoms with van der Waals surface area (Å²) in [5, 5.41) is 9.62. The van der Waals surface area contributed by atoms with Crippen molar-refractivity contribution in [2.24, 2.45) is 0 Å². The normalized spacial score (nSPS) is 17.4. The number of carbonyl (C=O) groups is 2. The van der Waals surface area contributed by atoms with Gasteiger partial charge >= 0.3 is 6.09 Å². The van der Waals surface area contributed by atoms with E-state index in [1.54, 1.807) is 13.0 Å². The van der Waals surface area contributed by atoms with E-state index in [0.29, 0.717) is 12.2 Å². The van der Waals surface area contributed by atoms with E-state index in [-0.39, 0.29) is 11.7 Å². The SMILES string of the molecule is Cc1cc(C(=O)NCC2(NC(=O)OC(C)(C)C)CCCCCC2)on1. The fraction of sp³-hybridized carbons (Fsp3) is 0.722. The maximum absolute atomic E-state index is 12.3. The van der Waals surface area contributed by atoms with E-state index in [1.807, 2.05) is 20.8 Å². The zero-order chi connectivity index (χ0) is 18.5. The van der Waals surface area contributed by atoms with Gasteiger partial charge < -0.3 is 19.9 Å². The van der Waals surface area contributed by atoms with Gasteiger partial charge in [0.2, 0.25) is 5.76 Å². The molecular formula is C18H29N3O4. The largest absolute Gasteiger partial charge is 0.444 e. The van der Waals surface area contributed by atoms with Crippen molar-refractivity contribution in [2.45, 2.75) is 77.4 Å². The third-order valence-electron chi connectivity index (χ3n) is 4.27. The summed E-state index contributed by atoms with van der Waals surface area (Å²) in [6.45, 7) is 7.60. The van der Waals surface area contributed by atoms with E-state index in [0.717, 1.165) is 38.5 Å². The Hall–Kier alpha value is -2.05. The van der Waals surface area contributed by atoms with Crippen molar-refractivity contribution < 1.29 is 18.8 Å². The maximum atomic E-state index is 12.3. The van der Waals surface area contributed by atoms with Crippen LogP contribution in [-0.2, 0) is 4.74 Å². The van der Waals surface area contributed by atoms with Crippen molar-refractivity contribution in [3.8, 4) is 0 Å². The first kappa shape index (κ1) is 19.3. The number of nitrogens with one attached hydrogen (secondary N) is 2. The van der Waals surface area contributed by atoms with Gasteiger partial charge in [-0.1, -0.05) is 30.8 Å². The molecule has 1 aromatic heterocycles. The number of alkyl carbamates (subject to hydrolysis) is 1. The Labute approximate surface area is 148 Å². The molecule has 0 saturated heterocycles. The summed E-state index contributed by atoms with van der Waals surface area (Å²) in [5.74, 6) is -0.145. The Balaban J connectivity index is 2.04. The smallest absolute Gasteiger partial charge is 0.408 e. The van der Waals surface area contributed by atoms with E-state index in [2.05, 4.69) is 15.8 Å². The van der Waals surface area contributed by atoms with Gasteiger partial charge in [-0.15, -0.1) is 0 Å². The average molecular weight is 351 g/mol. The van der Waals surface area contributed by atoms with E-state index < -0.39 is 17.2 Å². The number of amides is 2. The van der Waals surface area contributed by atoms with Gasteiger partial charge in [0.25, 0.3) is 5.91 Å². The molecule has 1 heterocycles. The third-order valence-corrected chi connectivity index (χ3v) is 4.27. The number of ether oxygens (including phenoxy) is 1. The Kier molecular flexibility index (Phi) is 6.08. The van der Waals surface area contributed by atoms with Crippen LogP contribution in [0.25, 0.3) is 0 Å². The van der Waals surface area contributed by atoms with Crippen molar-refractivity contribution in [1.82, 2.24) is 15.8 Å². The van der Waals surface area contributed by atoms with Crippen LogP contribution in [0.2, 0.25) is 0 Å². The van der Waals surface area contributed by atoms with Crippen molar-refractivity contribution in [3.63, 3.8) is 0 Å². The van der Waals surface area contributed by atoms with Gasteiger partial charge in [0, 0.05) is 12.6 Å². The molecule has 25 heavy (non-hydrogen) atoms. The molecule has 7 nitrogen and oxygen atoms in total. The van der Waals surface area contributed by atoms with Crippen LogP contribution in [0.1, 0.15) is 75.5 Å². The highest BCUT2D eigenvalue weighted by Crippen LogP contribution is 2.27. The van der Waals surface area contributed by atoms with Gasteiger partial charge in [0.1, 0.15) is 5.60 Å². The zero-order valence-electron chi connectivity index (χ0n) is 15.6. The monoisotopic (exact) mass is 351 g/mol. The Bertz CT molecular complexity index is 596. The molecule has 0 unspecified atom stereocenters. The summed E-state index contributed by atoms with van der Waals surface area (Å²) in [7, 11) is 0. The minimum atomic E-state index is -0.559. The summed E-state index contributed by atoms with van der Waals surface area (Å²) in [6, 6.07) is 1.59. The highest BCUT2D eigenvalue weighted by Gasteiger charge is 2.35. The molecule has 1 aromatic rings. The first-order valence-electron chi connectivity index (χ1n) is 8.92. The summed E-state index contributed by atoms with van der Waals surface area (Å²) >= 11 is 0. The van der Waals surface area contributed by atoms with E-state index in [9.17, 15) is 9.59 Å². The van der Waals surface area contributed by atoms with Gasteiger partial charge in [-0.3, -0.25) is 4.79 Å². The van der Waals surface area contributed by atoms with Crippen LogP contribution in [0.15, 0.2) is 10.6 Å². The summed E-state index contributed by atoms with van der Waals surface area (Å²) in [6.07, 6.45) is 5.45. The van der Waals surface area contributed by atoms with Crippen molar-refractivity contribution in [2.75, 3.05) is 6.54 Å². The molecule has 1 fully saturated rings. The van der Waals surface area contributed by atoms with E-state index in [1.165, 1.54) is 0 Å². The summed E-state index contributed by atoms with van der Waals surface area (Å²) in [4.78, 5) is 24.5. The molecule has 140 valence electrons. The molecule has 0 atom stereocenters. The van der Waals surface area contributed by atoms with Crippen molar-refractivity contribution in [1.29, 1.82) is 0 Å². The van der Waals surface area contributed by atoms with Gasteiger partial charge in [-0.2, -0.15) is 0 Å². The Morgan fingerprint density at radius 2 is 1.88 bits per heavy atom. The van der Waals surface area contributed by atoms with Crippen LogP contribution < -0.4 is 10.6 Å². The van der Waals surface area contributed by atoms with Gasteiger partial charge in [0.15, 0.2) is 0 Å². The Morgan fingerprint density at radius 3 is 2.40 bits per heavy atom. The predicted octanol–water partition coefficient (Wildman–Crippen LogP) is 3.33. The van der Waals surface area contributed by atoms with Gasteiger partial charge in [-0.05, 0) is 40.5 Å². The zero-order valence-corrected chi connectivity index (χ0v) is 15.6. The molecule has 0 aliphatic heterocycles. The second-order valence-electron chi connectivity index (χ2n) is 7.84. The number of hydrogen-bond acceptors (Lipinski definition) is 5. The van der Waals surface area contributed by atoms with Crippen molar-refractivity contribution in [3.05, 3.63) is 17.5 Å². The number of aryl methyl sites for hydroxylation is 1. The van der Waals surface area contributed by atoms with E-state index in [4.69, 9.17) is 9.26 Å². The van der Waals surface area contributed by atoms with Crippen molar-refractivity contribution >= 4 is 12.0 Å². The lowest BCUT2D eigenvalue weighted by Crippen LogP contribution is -2.56. The Morgan fingerprint density at radius 1 is 1.24 bits per heavy atom. The quantitative estimate of drug-likeness (QED) is 0.812. The standard InChI is InChI=1S/C18H29N3O4/c1-13-11-14(25-21-13)15(22)19-12-18(9-7-5-6-8-10-18)20-16(23)24-17(2,3)4/h11H,5-10,12H2,1-4H3,(H,19,22)(H,20,23). The second kappa shape index (κ2) is 7.89. The summed E-state index contributed by atoms with van der Waals surface area (Å²) in [5.41, 5.74) is -0.401. The van der Waals surface area contributed by atoms with Crippen LogP contribution in [0, 0.1) is 6.92 Å². The first-order chi connectivity index (χ1) is 11.7. The van der Waals surface area contributed by atoms with Crippen LogP contribution in [-0.4, -0.2) is 34.8 Å². The fourth-order valence-corrected chi connectivity index (χ4v) is 3.08. The second-order valence-corrected chi connectivity index (χ2v) is 7.84. The number of hydrogen-bond donors (Lipinski definition) is 2. The molecule has 2 N–H and O–H groups in total. The lowest BCUT2D eigenvalue weighted by molar-refractivity contribution is 0.0436. The van der Waals surface area contributed by atoms with Crippen LogP contribution in [0.4, 0.5) is 4.79 Å². The molecule has 0 bridgehead atoms. The number of nitrogens with zero attached hydrogens (tertiary/aromatic N) is 1. The number of aromatic nitrogens is 1. The highest BCUT2D eigenvalue weighted by molar-refractivity contribution is 5.91. The molecule has 2 amide bonds. The minimum Gasteiger partial charge on any atom is -0.444 e. The molecule has 1 aliphatic carbocycles. The summed E-state index contributed by atoms with van der Waals surface area (Å²) < 4.78 is 10.4. The molecular weight excluding hydrogens is 322 g/mol. The molecule has 0 aromatic carbocycles. The fourth-order valence-electron chi connectivity index (χ4n) is 3.08. The van der Waals surface area contributed by atoms with Crippen LogP contribution in [0.3, 0.4) is 0 Å². The van der Waals surface area contributed by atoms with Gasteiger partial charge in [-0.25, -0.2) is 4.79 Å². The molecule has 7 heteroatoms. The first-order valence-corrected chi connectivity index (χ1v) is 8.92. The molecule has 2 rings (SSSR count). The molecule has 0 radical (unpaired) electrons. The predicted molar refractivity (Wildman–Crippen MR) is 93.4 cm³/mol.